The molecule has 0 fully saturated rings. The Morgan fingerprint density at radius 2 is 2.00 bits per heavy atom. The first-order valence-electron chi connectivity index (χ1n) is 7.66. The van der Waals surface area contributed by atoms with Crippen LogP contribution in [0, 0.1) is 15.9 Å². The molecule has 2 heterocycles. The quantitative estimate of drug-likeness (QED) is 0.655. The number of benzene rings is 2. The van der Waals surface area contributed by atoms with Crippen LogP contribution in [0.15, 0.2) is 53.8 Å². The topological polar surface area (TPSA) is 80.0 Å². The summed E-state index contributed by atoms with van der Waals surface area (Å²) in [6.45, 7) is 0. The van der Waals surface area contributed by atoms with Gasteiger partial charge in [0.25, 0.3) is 0 Å². The van der Waals surface area contributed by atoms with Crippen LogP contribution in [0.25, 0.3) is 5.70 Å². The monoisotopic (exact) mass is 372 g/mol. The molecule has 4 rings (SSSR count). The van der Waals surface area contributed by atoms with Crippen LogP contribution in [0.4, 0.5) is 10.1 Å². The lowest BCUT2D eigenvalue weighted by Crippen LogP contribution is -2.26. The van der Waals surface area contributed by atoms with Gasteiger partial charge in [-0.15, -0.1) is 0 Å². The molecule has 7 nitrogen and oxygen atoms in total. The van der Waals surface area contributed by atoms with Gasteiger partial charge in [0.05, 0.1) is 23.9 Å². The van der Waals surface area contributed by atoms with Gasteiger partial charge in [0.1, 0.15) is 10.8 Å². The van der Waals surface area contributed by atoms with Crippen molar-refractivity contribution in [1.82, 2.24) is 10.3 Å². The lowest BCUT2D eigenvalue weighted by molar-refractivity contribution is -0.387. The SMILES string of the molecule is COc1ccc(C2=CN3N=C(c4ccc(F)c([N+](=O)[O-])c4)S[C@H]3N2)cc1. The minimum absolute atomic E-state index is 0.147. The molecule has 26 heavy (non-hydrogen) atoms. The molecular weight excluding hydrogens is 359 g/mol. The van der Waals surface area contributed by atoms with E-state index in [9.17, 15) is 14.5 Å². The summed E-state index contributed by atoms with van der Waals surface area (Å²) in [6.07, 6.45) is 1.87. The number of hydrogen-bond acceptors (Lipinski definition) is 7. The van der Waals surface area contributed by atoms with Crippen LogP contribution in [0.2, 0.25) is 0 Å². The molecule has 0 spiro atoms. The normalized spacial score (nSPS) is 18.1. The first kappa shape index (κ1) is 16.4. The highest BCUT2D eigenvalue weighted by Gasteiger charge is 2.33. The first-order chi connectivity index (χ1) is 12.5. The summed E-state index contributed by atoms with van der Waals surface area (Å²) < 4.78 is 18.7. The second kappa shape index (κ2) is 6.34. The van der Waals surface area contributed by atoms with E-state index in [4.69, 9.17) is 4.74 Å². The highest BCUT2D eigenvalue weighted by Crippen LogP contribution is 2.36. The molecule has 2 aliphatic rings. The molecule has 0 saturated carbocycles. The minimum Gasteiger partial charge on any atom is -0.497 e. The fourth-order valence-electron chi connectivity index (χ4n) is 2.68. The van der Waals surface area contributed by atoms with Crippen molar-refractivity contribution in [2.24, 2.45) is 5.10 Å². The van der Waals surface area contributed by atoms with Gasteiger partial charge in [0.2, 0.25) is 5.82 Å². The van der Waals surface area contributed by atoms with E-state index in [-0.39, 0.29) is 5.50 Å². The van der Waals surface area contributed by atoms with Gasteiger partial charge in [-0.1, -0.05) is 11.8 Å². The molecular formula is C17H13FN4O3S. The van der Waals surface area contributed by atoms with Gasteiger partial charge in [0.15, 0.2) is 5.50 Å². The van der Waals surface area contributed by atoms with E-state index in [1.54, 1.807) is 12.1 Å². The molecule has 2 aliphatic heterocycles. The largest absolute Gasteiger partial charge is 0.497 e. The second-order valence-corrected chi connectivity index (χ2v) is 6.66. The summed E-state index contributed by atoms with van der Waals surface area (Å²) in [5, 5.41) is 21.1. The Labute approximate surface area is 152 Å². The standard InChI is InChI=1S/C17H13FN4O3S/c1-25-12-5-2-10(3-6-12)14-9-21-17(19-14)26-16(20-21)11-4-7-13(18)15(8-11)22(23)24/h2-9,17,19H,1H3/t17-/m0/s1. The van der Waals surface area contributed by atoms with Gasteiger partial charge in [-0.25, -0.2) is 5.01 Å². The molecule has 2 aromatic rings. The number of nitrogens with one attached hydrogen (secondary N) is 1. The zero-order valence-corrected chi connectivity index (χ0v) is 14.4. The summed E-state index contributed by atoms with van der Waals surface area (Å²) in [6, 6.07) is 11.4. The zero-order valence-electron chi connectivity index (χ0n) is 13.5. The van der Waals surface area contributed by atoms with E-state index in [1.165, 1.54) is 23.9 Å². The molecule has 1 N–H and O–H groups in total. The number of nitro benzene ring substituents is 1. The van der Waals surface area contributed by atoms with Crippen molar-refractivity contribution in [2.75, 3.05) is 7.11 Å². The maximum absolute atomic E-state index is 13.5. The molecule has 9 heteroatoms. The Kier molecular flexibility index (Phi) is 4.00. The number of methoxy groups -OCH3 is 1. The number of rotatable bonds is 4. The Balaban J connectivity index is 1.58. The Bertz CT molecular complexity index is 946. The third-order valence-electron chi connectivity index (χ3n) is 4.00. The van der Waals surface area contributed by atoms with Crippen molar-refractivity contribution >= 4 is 28.2 Å². The van der Waals surface area contributed by atoms with Crippen molar-refractivity contribution in [1.29, 1.82) is 0 Å². The second-order valence-electron chi connectivity index (χ2n) is 5.59. The summed E-state index contributed by atoms with van der Waals surface area (Å²) in [5.74, 6) is -0.0805. The first-order valence-corrected chi connectivity index (χ1v) is 8.54. The Morgan fingerprint density at radius 1 is 1.27 bits per heavy atom. The van der Waals surface area contributed by atoms with Crippen molar-refractivity contribution in [3.63, 3.8) is 0 Å². The lowest BCUT2D eigenvalue weighted by atomic mass is 10.1. The van der Waals surface area contributed by atoms with E-state index >= 15 is 0 Å². The van der Waals surface area contributed by atoms with E-state index < -0.39 is 16.4 Å². The summed E-state index contributed by atoms with van der Waals surface area (Å²) in [7, 11) is 1.62. The number of halogens is 1. The van der Waals surface area contributed by atoms with Crippen LogP contribution in [0.5, 0.6) is 5.75 Å². The molecule has 0 aromatic heterocycles. The average molecular weight is 372 g/mol. The molecule has 0 amide bonds. The number of nitrogens with zero attached hydrogens (tertiary/aromatic N) is 3. The van der Waals surface area contributed by atoms with Crippen LogP contribution >= 0.6 is 11.8 Å². The van der Waals surface area contributed by atoms with E-state index in [1.807, 2.05) is 30.5 Å². The molecule has 1 atom stereocenters. The van der Waals surface area contributed by atoms with Crippen LogP contribution in [-0.4, -0.2) is 27.6 Å². The number of thioether (sulfide) groups is 1. The summed E-state index contributed by atoms with van der Waals surface area (Å²) in [5.41, 5.74) is 1.72. The number of nitro groups is 1. The number of fused-ring (bicyclic) bond motifs is 1. The van der Waals surface area contributed by atoms with Crippen molar-refractivity contribution < 1.29 is 14.1 Å². The summed E-state index contributed by atoms with van der Waals surface area (Å²) >= 11 is 1.41. The number of hydrazone groups is 1. The van der Waals surface area contributed by atoms with Crippen molar-refractivity contribution in [2.45, 2.75) is 5.50 Å². The third kappa shape index (κ3) is 2.86. The van der Waals surface area contributed by atoms with Crippen molar-refractivity contribution in [3.05, 3.63) is 75.7 Å². The van der Waals surface area contributed by atoms with E-state index in [0.717, 1.165) is 23.1 Å². The van der Waals surface area contributed by atoms with Gasteiger partial charge in [-0.05, 0) is 42.0 Å². The lowest BCUT2D eigenvalue weighted by Gasteiger charge is -2.12. The van der Waals surface area contributed by atoms with Gasteiger partial charge >= 0.3 is 5.69 Å². The van der Waals surface area contributed by atoms with Gasteiger partial charge in [-0.2, -0.15) is 9.49 Å². The average Bonchev–Trinajstić information content (AvgIpc) is 3.21. The molecule has 0 unspecified atom stereocenters. The smallest absolute Gasteiger partial charge is 0.305 e. The van der Waals surface area contributed by atoms with Crippen molar-refractivity contribution in [3.8, 4) is 5.75 Å². The van der Waals surface area contributed by atoms with Gasteiger partial charge in [0, 0.05) is 11.6 Å². The molecule has 0 radical (unpaired) electrons. The molecule has 2 aromatic carbocycles. The molecule has 0 aliphatic carbocycles. The zero-order chi connectivity index (χ0) is 18.3. The maximum Gasteiger partial charge on any atom is 0.305 e. The molecule has 132 valence electrons. The van der Waals surface area contributed by atoms with Crippen LogP contribution in [0.1, 0.15) is 11.1 Å². The highest BCUT2D eigenvalue weighted by molar-refractivity contribution is 8.15. The fraction of sp³-hybridized carbons (Fsp3) is 0.118. The third-order valence-corrected chi connectivity index (χ3v) is 5.10. The van der Waals surface area contributed by atoms with E-state index in [0.29, 0.717) is 10.6 Å². The number of hydrogen-bond donors (Lipinski definition) is 1. The fourth-order valence-corrected chi connectivity index (χ4v) is 3.69. The predicted octanol–water partition coefficient (Wildman–Crippen LogP) is 3.34. The Morgan fingerprint density at radius 3 is 2.65 bits per heavy atom. The summed E-state index contributed by atoms with van der Waals surface area (Å²) in [4.78, 5) is 10.2. The maximum atomic E-state index is 13.5. The van der Waals surface area contributed by atoms with Crippen LogP contribution in [-0.2, 0) is 0 Å². The Hall–Kier alpha value is -3.07. The minimum atomic E-state index is -0.859. The van der Waals surface area contributed by atoms with E-state index in [2.05, 4.69) is 10.4 Å². The number of ether oxygens (including phenoxy) is 1. The van der Waals surface area contributed by atoms with Gasteiger partial charge in [-0.3, -0.25) is 10.1 Å². The van der Waals surface area contributed by atoms with Crippen LogP contribution in [0.3, 0.4) is 0 Å². The molecule has 0 saturated heterocycles. The van der Waals surface area contributed by atoms with Crippen LogP contribution < -0.4 is 10.1 Å². The predicted molar refractivity (Wildman–Crippen MR) is 96.9 cm³/mol. The highest BCUT2D eigenvalue weighted by atomic mass is 32.2. The van der Waals surface area contributed by atoms with Gasteiger partial charge < -0.3 is 10.1 Å². The molecule has 0 bridgehead atoms.